The van der Waals surface area contributed by atoms with Gasteiger partial charge < -0.3 is 14.7 Å². The van der Waals surface area contributed by atoms with E-state index in [9.17, 15) is 18.3 Å². The fourth-order valence-corrected chi connectivity index (χ4v) is 9.43. The van der Waals surface area contributed by atoms with Crippen molar-refractivity contribution in [3.63, 3.8) is 0 Å². The quantitative estimate of drug-likeness (QED) is 0.305. The van der Waals surface area contributed by atoms with E-state index in [1.54, 1.807) is 18.2 Å². The van der Waals surface area contributed by atoms with Gasteiger partial charge in [0.15, 0.2) is 0 Å². The van der Waals surface area contributed by atoms with E-state index in [1.165, 1.54) is 12.1 Å². The highest BCUT2D eigenvalue weighted by molar-refractivity contribution is 7.92. The van der Waals surface area contributed by atoms with Gasteiger partial charge >= 0.3 is 0 Å². The van der Waals surface area contributed by atoms with Crippen molar-refractivity contribution >= 4 is 21.9 Å². The van der Waals surface area contributed by atoms with E-state index in [1.807, 2.05) is 36.9 Å². The van der Waals surface area contributed by atoms with Crippen LogP contribution in [0.25, 0.3) is 11.3 Å². The molecule has 2 aromatic carbocycles. The summed E-state index contributed by atoms with van der Waals surface area (Å²) in [5.74, 6) is 0.332. The van der Waals surface area contributed by atoms with Crippen LogP contribution in [0.15, 0.2) is 53.4 Å². The van der Waals surface area contributed by atoms with E-state index in [-0.39, 0.29) is 52.2 Å². The number of aliphatic hydroxyl groups is 1. The molecule has 1 amide bonds. The Labute approximate surface area is 279 Å². The van der Waals surface area contributed by atoms with Crippen molar-refractivity contribution in [3.8, 4) is 17.1 Å². The maximum absolute atomic E-state index is 14.5. The number of benzene rings is 2. The third kappa shape index (κ3) is 6.90. The standard InChI is InChI=1S/C37H48N4O5S/c1-23(2)16-37(43)21-36(22-37)18-27(19-36)41-28(17-35(5,6)7)20-46-31-15-30(32-24(3)10-8-11-25(32)4)38-34(39-31)40-47(44,45)29-13-9-12-26(14-29)33(41)42/h8-15,23,27-28,43H,16-22H2,1-7H3,(H,38,39,40)/t27-,28-,36?,37-/m1/s1. The summed E-state index contributed by atoms with van der Waals surface area (Å²) in [6, 6.07) is 13.5. The first kappa shape index (κ1) is 33.4. The number of hydrogen-bond acceptors (Lipinski definition) is 7. The number of nitrogens with zero attached hydrogens (tertiary/aromatic N) is 3. The summed E-state index contributed by atoms with van der Waals surface area (Å²) >= 11 is 0. The lowest BCUT2D eigenvalue weighted by Gasteiger charge is -2.64. The number of fused-ring (bicyclic) bond motifs is 4. The lowest BCUT2D eigenvalue weighted by atomic mass is 9.47. The van der Waals surface area contributed by atoms with E-state index in [4.69, 9.17) is 4.74 Å². The molecule has 4 bridgehead atoms. The molecule has 1 aromatic heterocycles. The smallest absolute Gasteiger partial charge is 0.264 e. The van der Waals surface area contributed by atoms with Crippen LogP contribution in [0.3, 0.4) is 0 Å². The summed E-state index contributed by atoms with van der Waals surface area (Å²) < 4.78 is 36.3. The zero-order chi connectivity index (χ0) is 33.9. The maximum Gasteiger partial charge on any atom is 0.264 e. The van der Waals surface area contributed by atoms with Gasteiger partial charge in [0.2, 0.25) is 11.8 Å². The molecular weight excluding hydrogens is 612 g/mol. The number of ether oxygens (including phenoxy) is 1. The number of rotatable bonds is 5. The van der Waals surface area contributed by atoms with Crippen LogP contribution in [0.4, 0.5) is 5.95 Å². The molecule has 252 valence electrons. The molecule has 9 nitrogen and oxygen atoms in total. The zero-order valence-electron chi connectivity index (χ0n) is 28.6. The Kier molecular flexibility index (Phi) is 8.44. The van der Waals surface area contributed by atoms with E-state index < -0.39 is 15.6 Å². The van der Waals surface area contributed by atoms with Crippen LogP contribution in [0, 0.1) is 30.6 Å². The van der Waals surface area contributed by atoms with Gasteiger partial charge in [0.1, 0.15) is 6.61 Å². The average molecular weight is 661 g/mol. The first-order chi connectivity index (χ1) is 21.9. The Morgan fingerprint density at radius 2 is 1.70 bits per heavy atom. The Morgan fingerprint density at radius 3 is 2.34 bits per heavy atom. The minimum Gasteiger partial charge on any atom is -0.475 e. The second-order valence-electron chi connectivity index (χ2n) is 16.0. The molecule has 2 aliphatic carbocycles. The van der Waals surface area contributed by atoms with Crippen LogP contribution in [-0.2, 0) is 10.0 Å². The largest absolute Gasteiger partial charge is 0.475 e. The first-order valence-electron chi connectivity index (χ1n) is 16.7. The predicted molar refractivity (Wildman–Crippen MR) is 183 cm³/mol. The number of carbonyl (C=O) groups is 1. The lowest BCUT2D eigenvalue weighted by Crippen LogP contribution is -2.65. The number of carbonyl (C=O) groups excluding carboxylic acids is 1. The minimum absolute atomic E-state index is 0.0276. The molecule has 2 fully saturated rings. The number of nitrogens with one attached hydrogen (secondary N) is 1. The summed E-state index contributed by atoms with van der Waals surface area (Å²) in [5, 5.41) is 11.1. The first-order valence-corrected chi connectivity index (χ1v) is 18.2. The summed E-state index contributed by atoms with van der Waals surface area (Å²) in [5.41, 5.74) is 2.98. The van der Waals surface area contributed by atoms with Gasteiger partial charge in [-0.2, -0.15) is 4.98 Å². The third-order valence-electron chi connectivity index (χ3n) is 9.88. The second kappa shape index (κ2) is 11.9. The highest BCUT2D eigenvalue weighted by Gasteiger charge is 2.61. The molecule has 2 saturated carbocycles. The summed E-state index contributed by atoms with van der Waals surface area (Å²) in [6.45, 7) is 14.9. The van der Waals surface area contributed by atoms with Crippen molar-refractivity contribution in [1.82, 2.24) is 14.9 Å². The topological polar surface area (TPSA) is 122 Å². The van der Waals surface area contributed by atoms with Crippen molar-refractivity contribution in [1.29, 1.82) is 0 Å². The predicted octanol–water partition coefficient (Wildman–Crippen LogP) is 6.92. The molecule has 3 aliphatic rings. The van der Waals surface area contributed by atoms with Gasteiger partial charge in [0.05, 0.1) is 22.2 Å². The molecule has 1 atom stereocenters. The number of sulfonamides is 1. The number of aromatic nitrogens is 2. The molecule has 2 N–H and O–H groups in total. The Morgan fingerprint density at radius 1 is 1.04 bits per heavy atom. The lowest BCUT2D eigenvalue weighted by molar-refractivity contribution is -0.192. The molecule has 47 heavy (non-hydrogen) atoms. The number of hydrogen-bond donors (Lipinski definition) is 2. The molecule has 2 heterocycles. The second-order valence-corrected chi connectivity index (χ2v) is 17.7. The Hall–Kier alpha value is -3.50. The molecule has 10 heteroatoms. The van der Waals surface area contributed by atoms with Gasteiger partial charge in [-0.25, -0.2) is 18.1 Å². The van der Waals surface area contributed by atoms with Crippen LogP contribution in [-0.4, -0.2) is 58.6 Å². The molecule has 3 aromatic rings. The van der Waals surface area contributed by atoms with Gasteiger partial charge in [0.25, 0.3) is 15.9 Å². The van der Waals surface area contributed by atoms with Crippen molar-refractivity contribution in [2.45, 2.75) is 110 Å². The van der Waals surface area contributed by atoms with Gasteiger partial charge in [-0.3, -0.25) is 4.79 Å². The summed E-state index contributed by atoms with van der Waals surface area (Å²) in [4.78, 5) is 25.6. The van der Waals surface area contributed by atoms with Gasteiger partial charge in [0, 0.05) is 23.2 Å². The van der Waals surface area contributed by atoms with E-state index in [0.717, 1.165) is 48.8 Å². The van der Waals surface area contributed by atoms with Gasteiger partial charge in [-0.05, 0) is 98.4 Å². The number of anilines is 1. The molecule has 1 aliphatic heterocycles. The van der Waals surface area contributed by atoms with Crippen LogP contribution >= 0.6 is 0 Å². The molecule has 0 radical (unpaired) electrons. The van der Waals surface area contributed by atoms with Crippen LogP contribution < -0.4 is 9.46 Å². The third-order valence-corrected chi connectivity index (χ3v) is 11.2. The monoisotopic (exact) mass is 660 g/mol. The van der Waals surface area contributed by atoms with Crippen molar-refractivity contribution in [2.24, 2.45) is 16.7 Å². The fraction of sp³-hybridized carbons (Fsp3) is 0.541. The Bertz CT molecular complexity index is 1760. The highest BCUT2D eigenvalue weighted by atomic mass is 32.2. The van der Waals surface area contributed by atoms with Crippen molar-refractivity contribution in [2.75, 3.05) is 11.3 Å². The molecular formula is C37H48N4O5S. The van der Waals surface area contributed by atoms with Gasteiger partial charge in [-0.1, -0.05) is 58.9 Å². The van der Waals surface area contributed by atoms with Crippen molar-refractivity contribution < 1.29 is 23.1 Å². The SMILES string of the molecule is Cc1cccc(C)c1-c1cc2nc(n1)NS(=O)(=O)c1cccc(c1)C(=O)N([C@H]1CC3(C1)C[C@](O)(CC(C)C)C3)[C@H](CC(C)(C)C)CO2. The molecule has 6 rings (SSSR count). The molecule has 0 saturated heterocycles. The highest BCUT2D eigenvalue weighted by Crippen LogP contribution is 2.63. The average Bonchev–Trinajstić information content (AvgIpc) is 2.92. The van der Waals surface area contributed by atoms with Crippen molar-refractivity contribution in [3.05, 3.63) is 65.2 Å². The summed E-state index contributed by atoms with van der Waals surface area (Å²) in [7, 11) is -4.14. The normalized spacial score (nSPS) is 27.1. The molecule has 1 spiro atoms. The fourth-order valence-electron chi connectivity index (χ4n) is 8.45. The van der Waals surface area contributed by atoms with E-state index in [2.05, 4.69) is 49.3 Å². The maximum atomic E-state index is 14.5. The van der Waals surface area contributed by atoms with Crippen LogP contribution in [0.2, 0.25) is 0 Å². The van der Waals surface area contributed by atoms with E-state index >= 15 is 0 Å². The summed E-state index contributed by atoms with van der Waals surface area (Å²) in [6.07, 6.45) is 4.55. The number of amides is 1. The van der Waals surface area contributed by atoms with E-state index in [0.29, 0.717) is 23.6 Å². The van der Waals surface area contributed by atoms with Crippen LogP contribution in [0.5, 0.6) is 5.88 Å². The zero-order valence-corrected chi connectivity index (χ0v) is 29.4. The van der Waals surface area contributed by atoms with Crippen LogP contribution in [0.1, 0.15) is 94.6 Å². The Balaban J connectivity index is 1.41. The number of aryl methyl sites for hydroxylation is 2. The molecule has 0 unspecified atom stereocenters. The minimum atomic E-state index is -4.14. The van der Waals surface area contributed by atoms with Gasteiger partial charge in [-0.15, -0.1) is 0 Å².